The summed E-state index contributed by atoms with van der Waals surface area (Å²) >= 11 is 0. The molecule has 0 aliphatic rings. The number of hydrogen-bond acceptors (Lipinski definition) is 3. The molecule has 2 N–H and O–H groups in total. The Morgan fingerprint density at radius 3 is 2.33 bits per heavy atom. The lowest BCUT2D eigenvalue weighted by Crippen LogP contribution is -2.47. The van der Waals surface area contributed by atoms with Crippen molar-refractivity contribution in [1.29, 1.82) is 0 Å². The van der Waals surface area contributed by atoms with Crippen molar-refractivity contribution in [3.05, 3.63) is 89.5 Å². The highest BCUT2D eigenvalue weighted by Gasteiger charge is 2.38. The van der Waals surface area contributed by atoms with Gasteiger partial charge in [0.1, 0.15) is 22.9 Å². The van der Waals surface area contributed by atoms with Gasteiger partial charge in [0.15, 0.2) is 0 Å². The molecule has 0 saturated carbocycles. The Labute approximate surface area is 168 Å². The Balaban J connectivity index is 2.04. The van der Waals surface area contributed by atoms with Gasteiger partial charge in [-0.15, -0.1) is 0 Å². The molecule has 2 heterocycles. The highest BCUT2D eigenvalue weighted by Crippen LogP contribution is 2.35. The first-order chi connectivity index (χ1) is 14.1. The molecule has 1 aromatic carbocycles. The van der Waals surface area contributed by atoms with E-state index in [2.05, 4.69) is 20.6 Å². The molecule has 0 aliphatic carbocycles. The van der Waals surface area contributed by atoms with Gasteiger partial charge in [-0.1, -0.05) is 6.07 Å². The minimum absolute atomic E-state index is 0.132. The first kappa shape index (κ1) is 21.2. The van der Waals surface area contributed by atoms with Gasteiger partial charge < -0.3 is 10.6 Å². The Morgan fingerprint density at radius 2 is 1.73 bits per heavy atom. The number of amides is 2. The molecule has 0 bridgehead atoms. The Kier molecular flexibility index (Phi) is 5.68. The second-order valence-corrected chi connectivity index (χ2v) is 6.47. The molecule has 2 aromatic heterocycles. The number of halogens is 5. The topological polar surface area (TPSA) is 66.9 Å². The molecule has 0 aliphatic heterocycles. The van der Waals surface area contributed by atoms with Gasteiger partial charge in [0, 0.05) is 12.4 Å². The van der Waals surface area contributed by atoms with Gasteiger partial charge in [-0.3, -0.25) is 9.97 Å². The number of anilines is 1. The summed E-state index contributed by atoms with van der Waals surface area (Å²) in [5, 5.41) is 4.94. The van der Waals surface area contributed by atoms with E-state index in [9.17, 15) is 26.7 Å². The number of aromatic nitrogens is 2. The maximum atomic E-state index is 14.5. The van der Waals surface area contributed by atoms with Crippen LogP contribution in [0.2, 0.25) is 0 Å². The van der Waals surface area contributed by atoms with Crippen LogP contribution in [0.5, 0.6) is 0 Å². The van der Waals surface area contributed by atoms with E-state index in [-0.39, 0.29) is 11.3 Å². The van der Waals surface area contributed by atoms with Crippen LogP contribution < -0.4 is 10.6 Å². The SMILES string of the molecule is CC(NC(=O)Nc1cccnc1)(c1ccc(C(F)(F)F)c(F)c1)c1ncccc1F. The number of hydrogen-bond donors (Lipinski definition) is 2. The highest BCUT2D eigenvalue weighted by atomic mass is 19.4. The van der Waals surface area contributed by atoms with Crippen LogP contribution in [-0.4, -0.2) is 16.0 Å². The summed E-state index contributed by atoms with van der Waals surface area (Å²) in [5.41, 5.74) is -3.38. The summed E-state index contributed by atoms with van der Waals surface area (Å²) in [6.45, 7) is 1.31. The van der Waals surface area contributed by atoms with Gasteiger partial charge in [0.2, 0.25) is 0 Å². The lowest BCUT2D eigenvalue weighted by Gasteiger charge is -2.31. The first-order valence-corrected chi connectivity index (χ1v) is 8.58. The molecule has 1 atom stereocenters. The monoisotopic (exact) mass is 422 g/mol. The maximum absolute atomic E-state index is 14.5. The molecular formula is C20H15F5N4O. The number of carbonyl (C=O) groups is 1. The number of alkyl halides is 3. The summed E-state index contributed by atoms with van der Waals surface area (Å²) in [6.07, 6.45) is -0.810. The summed E-state index contributed by atoms with van der Waals surface area (Å²) in [6, 6.07) is 6.76. The van der Waals surface area contributed by atoms with Crippen LogP contribution in [0.15, 0.2) is 61.1 Å². The van der Waals surface area contributed by atoms with Crippen LogP contribution in [0.3, 0.4) is 0 Å². The average molecular weight is 422 g/mol. The Morgan fingerprint density at radius 1 is 1.00 bits per heavy atom. The van der Waals surface area contributed by atoms with Crippen molar-refractivity contribution in [2.75, 3.05) is 5.32 Å². The van der Waals surface area contributed by atoms with Crippen LogP contribution in [0.25, 0.3) is 0 Å². The van der Waals surface area contributed by atoms with Crippen molar-refractivity contribution in [3.8, 4) is 0 Å². The molecule has 30 heavy (non-hydrogen) atoms. The normalized spacial score (nSPS) is 13.4. The van der Waals surface area contributed by atoms with E-state index < -0.39 is 34.9 Å². The van der Waals surface area contributed by atoms with Crippen molar-refractivity contribution in [3.63, 3.8) is 0 Å². The molecule has 1 unspecified atom stereocenters. The van der Waals surface area contributed by atoms with Crippen LogP contribution in [0.1, 0.15) is 23.7 Å². The third-order valence-corrected chi connectivity index (χ3v) is 4.37. The molecule has 0 fully saturated rings. The minimum atomic E-state index is -4.90. The highest BCUT2D eigenvalue weighted by molar-refractivity contribution is 5.90. The Hall–Kier alpha value is -3.56. The smallest absolute Gasteiger partial charge is 0.323 e. The first-order valence-electron chi connectivity index (χ1n) is 8.58. The van der Waals surface area contributed by atoms with Crippen molar-refractivity contribution in [2.24, 2.45) is 0 Å². The minimum Gasteiger partial charge on any atom is -0.323 e. The van der Waals surface area contributed by atoms with Gasteiger partial charge in [-0.2, -0.15) is 13.2 Å². The van der Waals surface area contributed by atoms with E-state index >= 15 is 0 Å². The van der Waals surface area contributed by atoms with Crippen molar-refractivity contribution in [2.45, 2.75) is 18.6 Å². The van der Waals surface area contributed by atoms with E-state index in [0.29, 0.717) is 17.8 Å². The van der Waals surface area contributed by atoms with Crippen molar-refractivity contribution >= 4 is 11.7 Å². The second kappa shape index (κ2) is 8.05. The van der Waals surface area contributed by atoms with Crippen molar-refractivity contribution < 1.29 is 26.7 Å². The number of carbonyl (C=O) groups excluding carboxylic acids is 1. The molecule has 0 spiro atoms. The van der Waals surface area contributed by atoms with Gasteiger partial charge in [0.25, 0.3) is 0 Å². The van der Waals surface area contributed by atoms with E-state index in [1.54, 1.807) is 12.1 Å². The molecule has 0 radical (unpaired) electrons. The quantitative estimate of drug-likeness (QED) is 0.591. The third kappa shape index (κ3) is 4.37. The number of urea groups is 1. The van der Waals surface area contributed by atoms with E-state index in [1.165, 1.54) is 31.6 Å². The summed E-state index contributed by atoms with van der Waals surface area (Å²) in [5.74, 6) is -2.39. The lowest BCUT2D eigenvalue weighted by molar-refractivity contribution is -0.140. The maximum Gasteiger partial charge on any atom is 0.419 e. The van der Waals surface area contributed by atoms with Crippen LogP contribution in [-0.2, 0) is 11.7 Å². The van der Waals surface area contributed by atoms with Crippen molar-refractivity contribution in [1.82, 2.24) is 15.3 Å². The average Bonchev–Trinajstić information content (AvgIpc) is 2.67. The van der Waals surface area contributed by atoms with Gasteiger partial charge in [-0.05, 0) is 48.9 Å². The fourth-order valence-electron chi connectivity index (χ4n) is 2.90. The predicted octanol–water partition coefficient (Wildman–Crippen LogP) is 4.86. The fourth-order valence-corrected chi connectivity index (χ4v) is 2.90. The van der Waals surface area contributed by atoms with E-state index in [4.69, 9.17) is 0 Å². The van der Waals surface area contributed by atoms with Crippen LogP contribution in [0.4, 0.5) is 32.4 Å². The number of benzene rings is 1. The standard InChI is InChI=1S/C20H15F5N4O/c1-19(17-15(21)5-3-9-27-17,29-18(30)28-13-4-2-8-26-11-13)12-6-7-14(16(22)10-12)20(23,24)25/h2-11H,1H3,(H2,28,29,30). The van der Waals surface area contributed by atoms with Gasteiger partial charge in [-0.25, -0.2) is 13.6 Å². The van der Waals surface area contributed by atoms with Crippen LogP contribution >= 0.6 is 0 Å². The lowest BCUT2D eigenvalue weighted by atomic mass is 9.87. The Bertz CT molecular complexity index is 1060. The summed E-state index contributed by atoms with van der Waals surface area (Å²) < 4.78 is 67.5. The number of nitrogens with zero attached hydrogens (tertiary/aromatic N) is 2. The zero-order chi connectivity index (χ0) is 21.9. The predicted molar refractivity (Wildman–Crippen MR) is 98.4 cm³/mol. The van der Waals surface area contributed by atoms with Gasteiger partial charge >= 0.3 is 12.2 Å². The van der Waals surface area contributed by atoms with E-state index in [1.807, 2.05) is 0 Å². The third-order valence-electron chi connectivity index (χ3n) is 4.37. The number of pyridine rings is 2. The number of rotatable bonds is 4. The van der Waals surface area contributed by atoms with Gasteiger partial charge in [0.05, 0.1) is 17.4 Å². The second-order valence-electron chi connectivity index (χ2n) is 6.47. The molecule has 0 saturated heterocycles. The molecule has 5 nitrogen and oxygen atoms in total. The summed E-state index contributed by atoms with van der Waals surface area (Å²) in [4.78, 5) is 20.3. The van der Waals surface area contributed by atoms with Crippen LogP contribution in [0, 0.1) is 11.6 Å². The molecule has 156 valence electrons. The molecule has 2 amide bonds. The fraction of sp³-hybridized carbons (Fsp3) is 0.150. The molecular weight excluding hydrogens is 407 g/mol. The van der Waals surface area contributed by atoms with E-state index in [0.717, 1.165) is 12.1 Å². The molecule has 3 rings (SSSR count). The zero-order valence-corrected chi connectivity index (χ0v) is 15.5. The largest absolute Gasteiger partial charge is 0.419 e. The molecule has 3 aromatic rings. The summed E-state index contributed by atoms with van der Waals surface area (Å²) in [7, 11) is 0. The number of nitrogens with one attached hydrogen (secondary N) is 2. The molecule has 10 heteroatoms. The zero-order valence-electron chi connectivity index (χ0n) is 15.5.